The largest absolute Gasteiger partial charge is 0.423 e. The predicted molar refractivity (Wildman–Crippen MR) is 90.8 cm³/mol. The molecule has 5 heteroatoms. The van der Waals surface area contributed by atoms with E-state index in [1.54, 1.807) is 36.4 Å². The van der Waals surface area contributed by atoms with Crippen LogP contribution in [0.5, 0.6) is 5.75 Å². The molecule has 116 valence electrons. The molecule has 0 fully saturated rings. The summed E-state index contributed by atoms with van der Waals surface area (Å²) in [5.74, 6) is -0.142. The first-order chi connectivity index (χ1) is 11.7. The van der Waals surface area contributed by atoms with Gasteiger partial charge >= 0.3 is 5.97 Å². The van der Waals surface area contributed by atoms with Crippen molar-refractivity contribution in [2.45, 2.75) is 0 Å². The Balaban J connectivity index is 1.76. The zero-order chi connectivity index (χ0) is 16.9. The Morgan fingerprint density at radius 2 is 1.62 bits per heavy atom. The number of rotatable bonds is 3. The molecule has 0 saturated heterocycles. The molecule has 0 amide bonds. The Morgan fingerprint density at radius 1 is 1.00 bits per heavy atom. The summed E-state index contributed by atoms with van der Waals surface area (Å²) in [6.45, 7) is 0. The van der Waals surface area contributed by atoms with E-state index in [2.05, 4.69) is 11.1 Å². The van der Waals surface area contributed by atoms with Gasteiger partial charge in [0.2, 0.25) is 0 Å². The van der Waals surface area contributed by atoms with Crippen LogP contribution in [0.15, 0.2) is 66.9 Å². The SMILES string of the molecule is N#Cc1ccc(-c2ccc(OC(=O)c3cccnc3Cl)cc2)cc1. The Morgan fingerprint density at radius 3 is 2.21 bits per heavy atom. The topological polar surface area (TPSA) is 63.0 Å². The van der Waals surface area contributed by atoms with Crippen LogP contribution >= 0.6 is 11.6 Å². The third kappa shape index (κ3) is 3.43. The van der Waals surface area contributed by atoms with E-state index in [0.29, 0.717) is 11.3 Å². The Kier molecular flexibility index (Phi) is 4.55. The zero-order valence-corrected chi connectivity index (χ0v) is 13.2. The second-order valence-electron chi connectivity index (χ2n) is 4.94. The highest BCUT2D eigenvalue weighted by molar-refractivity contribution is 6.32. The summed E-state index contributed by atoms with van der Waals surface area (Å²) < 4.78 is 5.30. The number of esters is 1. The quantitative estimate of drug-likeness (QED) is 0.402. The van der Waals surface area contributed by atoms with Crippen LogP contribution in [0.3, 0.4) is 0 Å². The van der Waals surface area contributed by atoms with Gasteiger partial charge in [0.05, 0.1) is 17.2 Å². The van der Waals surface area contributed by atoms with Gasteiger partial charge in [-0.1, -0.05) is 35.9 Å². The van der Waals surface area contributed by atoms with Crippen molar-refractivity contribution in [3.8, 4) is 22.9 Å². The van der Waals surface area contributed by atoms with E-state index in [0.717, 1.165) is 11.1 Å². The normalized spacial score (nSPS) is 10.0. The van der Waals surface area contributed by atoms with Crippen molar-refractivity contribution in [3.63, 3.8) is 0 Å². The smallest absolute Gasteiger partial charge is 0.346 e. The maximum Gasteiger partial charge on any atom is 0.346 e. The number of nitrogens with zero attached hydrogens (tertiary/aromatic N) is 2. The van der Waals surface area contributed by atoms with Crippen molar-refractivity contribution < 1.29 is 9.53 Å². The van der Waals surface area contributed by atoms with Crippen molar-refractivity contribution in [1.82, 2.24) is 4.98 Å². The second-order valence-corrected chi connectivity index (χ2v) is 5.30. The molecule has 0 N–H and O–H groups in total. The van der Waals surface area contributed by atoms with Crippen LogP contribution in [0.4, 0.5) is 0 Å². The van der Waals surface area contributed by atoms with Gasteiger partial charge in [0.25, 0.3) is 0 Å². The molecule has 0 aliphatic heterocycles. The Bertz CT molecular complexity index is 913. The summed E-state index contributed by atoms with van der Waals surface area (Å²) in [7, 11) is 0. The number of aromatic nitrogens is 1. The molecule has 2 aromatic carbocycles. The maximum absolute atomic E-state index is 12.1. The van der Waals surface area contributed by atoms with E-state index < -0.39 is 5.97 Å². The first-order valence-corrected chi connectivity index (χ1v) is 7.48. The number of carbonyl (C=O) groups excluding carboxylic acids is 1. The standard InChI is InChI=1S/C19H11ClN2O2/c20-18-17(2-1-11-22-18)19(23)24-16-9-7-15(8-10-16)14-5-3-13(12-21)4-6-14/h1-11H. The molecule has 3 aromatic rings. The molecule has 0 atom stereocenters. The summed E-state index contributed by atoms with van der Waals surface area (Å²) in [5, 5.41) is 8.93. The van der Waals surface area contributed by atoms with Crippen LogP contribution in [-0.2, 0) is 0 Å². The summed E-state index contributed by atoms with van der Waals surface area (Å²) >= 11 is 5.88. The maximum atomic E-state index is 12.1. The summed E-state index contributed by atoms with van der Waals surface area (Å²) in [6.07, 6.45) is 1.51. The molecule has 0 radical (unpaired) electrons. The van der Waals surface area contributed by atoms with Crippen molar-refractivity contribution in [1.29, 1.82) is 5.26 Å². The number of hydrogen-bond donors (Lipinski definition) is 0. The zero-order valence-electron chi connectivity index (χ0n) is 12.4. The van der Waals surface area contributed by atoms with Gasteiger partial charge in [-0.25, -0.2) is 9.78 Å². The molecule has 3 rings (SSSR count). The summed E-state index contributed by atoms with van der Waals surface area (Å²) in [6, 6.07) is 19.6. The van der Waals surface area contributed by atoms with Crippen molar-refractivity contribution in [3.05, 3.63) is 83.1 Å². The third-order valence-electron chi connectivity index (χ3n) is 3.39. The lowest BCUT2D eigenvalue weighted by Gasteiger charge is -2.07. The van der Waals surface area contributed by atoms with Gasteiger partial charge in [-0.2, -0.15) is 5.26 Å². The number of carbonyl (C=O) groups is 1. The lowest BCUT2D eigenvalue weighted by Crippen LogP contribution is -2.09. The first-order valence-electron chi connectivity index (χ1n) is 7.10. The van der Waals surface area contributed by atoms with Gasteiger partial charge in [-0.3, -0.25) is 0 Å². The molecule has 0 aliphatic rings. The minimum Gasteiger partial charge on any atom is -0.423 e. The average Bonchev–Trinajstić information content (AvgIpc) is 2.63. The van der Waals surface area contributed by atoms with Crippen LogP contribution in [0.1, 0.15) is 15.9 Å². The fraction of sp³-hybridized carbons (Fsp3) is 0. The molecule has 0 aliphatic carbocycles. The minimum atomic E-state index is -0.556. The molecule has 0 saturated carbocycles. The van der Waals surface area contributed by atoms with Crippen molar-refractivity contribution >= 4 is 17.6 Å². The lowest BCUT2D eigenvalue weighted by molar-refractivity contribution is 0.0734. The third-order valence-corrected chi connectivity index (χ3v) is 3.69. The van der Waals surface area contributed by atoms with Gasteiger partial charge < -0.3 is 4.74 Å². The van der Waals surface area contributed by atoms with Crippen LogP contribution in [0, 0.1) is 11.3 Å². The average molecular weight is 335 g/mol. The molecule has 0 spiro atoms. The molecule has 4 nitrogen and oxygen atoms in total. The van der Waals surface area contributed by atoms with E-state index in [-0.39, 0.29) is 10.7 Å². The minimum absolute atomic E-state index is 0.108. The number of ether oxygens (including phenoxy) is 1. The lowest BCUT2D eigenvalue weighted by atomic mass is 10.0. The molecule has 24 heavy (non-hydrogen) atoms. The van der Waals surface area contributed by atoms with Crippen molar-refractivity contribution in [2.24, 2.45) is 0 Å². The Labute approximate surface area is 143 Å². The fourth-order valence-corrected chi connectivity index (χ4v) is 2.35. The first kappa shape index (κ1) is 15.7. The van der Waals surface area contributed by atoms with Crippen molar-refractivity contribution in [2.75, 3.05) is 0 Å². The fourth-order valence-electron chi connectivity index (χ4n) is 2.15. The predicted octanol–water partition coefficient (Wildman–Crippen LogP) is 4.49. The number of halogens is 1. The molecule has 1 aromatic heterocycles. The molecule has 0 bridgehead atoms. The number of pyridine rings is 1. The van der Waals surface area contributed by atoms with Gasteiger partial charge in [-0.05, 0) is 47.5 Å². The molecular formula is C19H11ClN2O2. The van der Waals surface area contributed by atoms with E-state index in [1.165, 1.54) is 6.20 Å². The van der Waals surface area contributed by atoms with Crippen LogP contribution < -0.4 is 4.74 Å². The number of hydrogen-bond acceptors (Lipinski definition) is 4. The van der Waals surface area contributed by atoms with E-state index in [1.807, 2.05) is 24.3 Å². The molecular weight excluding hydrogens is 324 g/mol. The molecule has 0 unspecified atom stereocenters. The Hall–Kier alpha value is -3.16. The van der Waals surface area contributed by atoms with E-state index >= 15 is 0 Å². The highest BCUT2D eigenvalue weighted by Crippen LogP contribution is 2.24. The van der Waals surface area contributed by atoms with Gasteiger partial charge in [0.15, 0.2) is 0 Å². The second kappa shape index (κ2) is 6.95. The highest BCUT2D eigenvalue weighted by atomic mass is 35.5. The van der Waals surface area contributed by atoms with Crippen LogP contribution in [0.25, 0.3) is 11.1 Å². The summed E-state index contributed by atoms with van der Waals surface area (Å²) in [5.41, 5.74) is 2.76. The number of nitriles is 1. The van der Waals surface area contributed by atoms with Gasteiger partial charge in [-0.15, -0.1) is 0 Å². The van der Waals surface area contributed by atoms with Gasteiger partial charge in [0.1, 0.15) is 10.9 Å². The van der Waals surface area contributed by atoms with Crippen LogP contribution in [0.2, 0.25) is 5.15 Å². The molecule has 1 heterocycles. The van der Waals surface area contributed by atoms with Gasteiger partial charge in [0, 0.05) is 6.20 Å². The summed E-state index contributed by atoms with van der Waals surface area (Å²) in [4.78, 5) is 15.9. The monoisotopic (exact) mass is 334 g/mol. The number of benzene rings is 2. The van der Waals surface area contributed by atoms with E-state index in [4.69, 9.17) is 21.6 Å². The van der Waals surface area contributed by atoms with E-state index in [9.17, 15) is 4.79 Å². The highest BCUT2D eigenvalue weighted by Gasteiger charge is 2.13. The van der Waals surface area contributed by atoms with Crippen LogP contribution in [-0.4, -0.2) is 11.0 Å².